The van der Waals surface area contributed by atoms with Crippen molar-refractivity contribution in [2.75, 3.05) is 19.6 Å². The van der Waals surface area contributed by atoms with Crippen molar-refractivity contribution in [2.45, 2.75) is 33.1 Å². The molecule has 1 rings (SSSR count). The van der Waals surface area contributed by atoms with E-state index in [-0.39, 0.29) is 12.3 Å². The molecule has 0 radical (unpaired) electrons. The Morgan fingerprint density at radius 3 is 2.56 bits per heavy atom. The SMILES string of the molecule is CC(C(=O)NCCC(C)CCC(=O)O)=C1CNC1. The fourth-order valence-corrected chi connectivity index (χ4v) is 1.75. The van der Waals surface area contributed by atoms with E-state index in [4.69, 9.17) is 5.11 Å². The molecule has 0 saturated carbocycles. The van der Waals surface area contributed by atoms with Crippen LogP contribution in [0.1, 0.15) is 33.1 Å². The molecule has 1 amide bonds. The maximum Gasteiger partial charge on any atom is 0.303 e. The molecule has 0 aromatic carbocycles. The van der Waals surface area contributed by atoms with Crippen molar-refractivity contribution < 1.29 is 14.7 Å². The first-order valence-corrected chi connectivity index (χ1v) is 6.40. The molecule has 1 aliphatic heterocycles. The van der Waals surface area contributed by atoms with Crippen molar-refractivity contribution in [3.63, 3.8) is 0 Å². The standard InChI is InChI=1S/C13H22N2O3/c1-9(3-4-12(16)17)5-6-15-13(18)10(2)11-7-14-8-11/h9,14H,3-8H2,1-2H3,(H,15,18)(H,16,17). The number of carbonyl (C=O) groups excluding carboxylic acids is 1. The third kappa shape index (κ3) is 4.87. The molecule has 3 N–H and O–H groups in total. The van der Waals surface area contributed by atoms with E-state index in [0.717, 1.165) is 25.1 Å². The van der Waals surface area contributed by atoms with Gasteiger partial charge in [-0.05, 0) is 31.3 Å². The Bertz CT molecular complexity index is 344. The Morgan fingerprint density at radius 1 is 1.39 bits per heavy atom. The highest BCUT2D eigenvalue weighted by Gasteiger charge is 2.15. The summed E-state index contributed by atoms with van der Waals surface area (Å²) in [5.74, 6) is -0.444. The fraction of sp³-hybridized carbons (Fsp3) is 0.692. The summed E-state index contributed by atoms with van der Waals surface area (Å²) in [6, 6.07) is 0. The number of carboxylic acid groups (broad SMARTS) is 1. The van der Waals surface area contributed by atoms with E-state index in [2.05, 4.69) is 10.6 Å². The molecule has 1 aliphatic rings. The highest BCUT2D eigenvalue weighted by atomic mass is 16.4. The number of carboxylic acids is 1. The van der Waals surface area contributed by atoms with E-state index >= 15 is 0 Å². The van der Waals surface area contributed by atoms with Crippen molar-refractivity contribution in [2.24, 2.45) is 5.92 Å². The number of nitrogens with one attached hydrogen (secondary N) is 2. The molecular formula is C13H22N2O3. The monoisotopic (exact) mass is 254 g/mol. The van der Waals surface area contributed by atoms with Gasteiger partial charge in [-0.15, -0.1) is 0 Å². The number of rotatable bonds is 7. The van der Waals surface area contributed by atoms with Crippen molar-refractivity contribution >= 4 is 11.9 Å². The molecule has 1 fully saturated rings. The molecule has 18 heavy (non-hydrogen) atoms. The summed E-state index contributed by atoms with van der Waals surface area (Å²) in [7, 11) is 0. The van der Waals surface area contributed by atoms with Crippen LogP contribution in [0.15, 0.2) is 11.1 Å². The normalized spacial score (nSPS) is 15.8. The van der Waals surface area contributed by atoms with E-state index in [1.807, 2.05) is 13.8 Å². The molecule has 0 aromatic rings. The largest absolute Gasteiger partial charge is 0.481 e. The minimum atomic E-state index is -0.760. The summed E-state index contributed by atoms with van der Waals surface area (Å²) in [5, 5.41) is 14.5. The lowest BCUT2D eigenvalue weighted by Crippen LogP contribution is -2.38. The van der Waals surface area contributed by atoms with Crippen LogP contribution in [0.3, 0.4) is 0 Å². The third-order valence-corrected chi connectivity index (χ3v) is 3.32. The molecular weight excluding hydrogens is 232 g/mol. The lowest BCUT2D eigenvalue weighted by Gasteiger charge is -2.21. The average molecular weight is 254 g/mol. The molecule has 5 heteroatoms. The Balaban J connectivity index is 2.17. The Hall–Kier alpha value is -1.36. The van der Waals surface area contributed by atoms with E-state index in [9.17, 15) is 9.59 Å². The molecule has 0 spiro atoms. The first-order valence-electron chi connectivity index (χ1n) is 6.40. The van der Waals surface area contributed by atoms with Crippen molar-refractivity contribution in [1.82, 2.24) is 10.6 Å². The second-order valence-electron chi connectivity index (χ2n) is 4.91. The number of aliphatic carboxylic acids is 1. The van der Waals surface area contributed by atoms with Gasteiger partial charge < -0.3 is 15.7 Å². The molecule has 1 unspecified atom stereocenters. The van der Waals surface area contributed by atoms with Gasteiger partial charge in [0.05, 0.1) is 0 Å². The van der Waals surface area contributed by atoms with Crippen LogP contribution >= 0.6 is 0 Å². The number of carbonyl (C=O) groups is 2. The van der Waals surface area contributed by atoms with Crippen LogP contribution in [0.5, 0.6) is 0 Å². The lowest BCUT2D eigenvalue weighted by atomic mass is 10.0. The van der Waals surface area contributed by atoms with Gasteiger partial charge in [-0.2, -0.15) is 0 Å². The average Bonchev–Trinajstić information content (AvgIpc) is 2.23. The highest BCUT2D eigenvalue weighted by Crippen LogP contribution is 2.11. The number of hydrogen-bond donors (Lipinski definition) is 3. The van der Waals surface area contributed by atoms with Crippen LogP contribution in [-0.2, 0) is 9.59 Å². The van der Waals surface area contributed by atoms with Crippen LogP contribution in [0, 0.1) is 5.92 Å². The minimum Gasteiger partial charge on any atom is -0.481 e. The van der Waals surface area contributed by atoms with Gasteiger partial charge in [-0.1, -0.05) is 6.92 Å². The Kier molecular flexibility index (Phi) is 5.85. The maximum atomic E-state index is 11.7. The first-order chi connectivity index (χ1) is 8.50. The minimum absolute atomic E-state index is 0.00284. The van der Waals surface area contributed by atoms with E-state index in [1.54, 1.807) is 0 Å². The summed E-state index contributed by atoms with van der Waals surface area (Å²) in [6.07, 6.45) is 1.68. The molecule has 1 heterocycles. The quantitative estimate of drug-likeness (QED) is 0.590. The number of amides is 1. The van der Waals surface area contributed by atoms with Crippen LogP contribution in [0.25, 0.3) is 0 Å². The second kappa shape index (κ2) is 7.16. The molecule has 102 valence electrons. The zero-order valence-corrected chi connectivity index (χ0v) is 11.1. The van der Waals surface area contributed by atoms with Gasteiger partial charge in [0.2, 0.25) is 5.91 Å². The van der Waals surface area contributed by atoms with Gasteiger partial charge in [0.15, 0.2) is 0 Å². The maximum absolute atomic E-state index is 11.7. The molecule has 0 aromatic heterocycles. The van der Waals surface area contributed by atoms with E-state index in [0.29, 0.717) is 18.9 Å². The van der Waals surface area contributed by atoms with Crippen LogP contribution < -0.4 is 10.6 Å². The summed E-state index contributed by atoms with van der Waals surface area (Å²) in [4.78, 5) is 22.1. The summed E-state index contributed by atoms with van der Waals surface area (Å²) in [6.45, 7) is 6.09. The van der Waals surface area contributed by atoms with Gasteiger partial charge in [0, 0.05) is 31.6 Å². The van der Waals surface area contributed by atoms with Crippen molar-refractivity contribution in [3.05, 3.63) is 11.1 Å². The van der Waals surface area contributed by atoms with E-state index in [1.165, 1.54) is 5.57 Å². The molecule has 5 nitrogen and oxygen atoms in total. The molecule has 0 bridgehead atoms. The Labute approximate surface area is 108 Å². The van der Waals surface area contributed by atoms with Gasteiger partial charge in [-0.3, -0.25) is 9.59 Å². The van der Waals surface area contributed by atoms with Gasteiger partial charge in [0.1, 0.15) is 0 Å². The highest BCUT2D eigenvalue weighted by molar-refractivity contribution is 5.93. The summed E-state index contributed by atoms with van der Waals surface area (Å²) >= 11 is 0. The number of hydrogen-bond acceptors (Lipinski definition) is 3. The second-order valence-corrected chi connectivity index (χ2v) is 4.91. The van der Waals surface area contributed by atoms with Gasteiger partial charge in [-0.25, -0.2) is 0 Å². The molecule has 1 saturated heterocycles. The zero-order valence-electron chi connectivity index (χ0n) is 11.1. The van der Waals surface area contributed by atoms with Crippen molar-refractivity contribution in [3.8, 4) is 0 Å². The topological polar surface area (TPSA) is 78.4 Å². The van der Waals surface area contributed by atoms with Crippen LogP contribution in [0.2, 0.25) is 0 Å². The fourth-order valence-electron chi connectivity index (χ4n) is 1.75. The van der Waals surface area contributed by atoms with E-state index < -0.39 is 5.97 Å². The lowest BCUT2D eigenvalue weighted by molar-refractivity contribution is -0.137. The van der Waals surface area contributed by atoms with Crippen LogP contribution in [0.4, 0.5) is 0 Å². The third-order valence-electron chi connectivity index (χ3n) is 3.32. The van der Waals surface area contributed by atoms with Crippen molar-refractivity contribution in [1.29, 1.82) is 0 Å². The summed E-state index contributed by atoms with van der Waals surface area (Å²) in [5.41, 5.74) is 1.98. The van der Waals surface area contributed by atoms with Gasteiger partial charge in [0.25, 0.3) is 0 Å². The van der Waals surface area contributed by atoms with Crippen LogP contribution in [-0.4, -0.2) is 36.6 Å². The smallest absolute Gasteiger partial charge is 0.303 e. The predicted molar refractivity (Wildman–Crippen MR) is 69.2 cm³/mol. The molecule has 1 atom stereocenters. The molecule has 0 aliphatic carbocycles. The first kappa shape index (κ1) is 14.7. The Morgan fingerprint density at radius 2 is 2.06 bits per heavy atom. The predicted octanol–water partition coefficient (Wildman–Crippen LogP) is 0.913. The van der Waals surface area contributed by atoms with Gasteiger partial charge >= 0.3 is 5.97 Å². The summed E-state index contributed by atoms with van der Waals surface area (Å²) < 4.78 is 0. The zero-order chi connectivity index (χ0) is 13.5.